The van der Waals surface area contributed by atoms with Crippen molar-refractivity contribution in [2.75, 3.05) is 0 Å². The van der Waals surface area contributed by atoms with E-state index in [4.69, 9.17) is 9.47 Å². The van der Waals surface area contributed by atoms with Crippen LogP contribution in [-0.2, 0) is 0 Å². The molecule has 3 heteroatoms. The maximum atomic E-state index is 5.65. The highest BCUT2D eigenvalue weighted by Crippen LogP contribution is 2.44. The summed E-state index contributed by atoms with van der Waals surface area (Å²) in [5.41, 5.74) is 0. The topological polar surface area (TPSA) is 50.0 Å². The Balaban J connectivity index is 0.000000853. The fraction of sp³-hybridized carbons (Fsp3) is 0. The monoisotopic (exact) mass is 202 g/mol. The van der Waals surface area contributed by atoms with Crippen LogP contribution in [0.2, 0.25) is 0 Å². The van der Waals surface area contributed by atoms with Crippen LogP contribution < -0.4 is 9.47 Å². The molecular formula is C12H10O3. The fourth-order valence-corrected chi connectivity index (χ4v) is 1.47. The standard InChI is InChI=1S/C12H8O2.H2O/c1-2-6-10-9(5-1)13-11-7-3-4-8-12(11)14-10;/h1-8H;1H2. The second kappa shape index (κ2) is 3.63. The summed E-state index contributed by atoms with van der Waals surface area (Å²) >= 11 is 0. The minimum atomic E-state index is 0. The fourth-order valence-electron chi connectivity index (χ4n) is 1.47. The van der Waals surface area contributed by atoms with Crippen molar-refractivity contribution in [1.29, 1.82) is 0 Å². The highest BCUT2D eigenvalue weighted by atomic mass is 16.6. The molecule has 0 saturated carbocycles. The van der Waals surface area contributed by atoms with Gasteiger partial charge in [0.25, 0.3) is 0 Å². The van der Waals surface area contributed by atoms with Crippen molar-refractivity contribution in [2.45, 2.75) is 0 Å². The van der Waals surface area contributed by atoms with Crippen molar-refractivity contribution in [1.82, 2.24) is 0 Å². The maximum Gasteiger partial charge on any atom is 0.170 e. The SMILES string of the molecule is O.c1ccc2c(c1)Oc1ccccc1O2. The van der Waals surface area contributed by atoms with E-state index >= 15 is 0 Å². The van der Waals surface area contributed by atoms with Crippen LogP contribution >= 0.6 is 0 Å². The zero-order valence-corrected chi connectivity index (χ0v) is 7.94. The van der Waals surface area contributed by atoms with E-state index in [1.807, 2.05) is 48.5 Å². The van der Waals surface area contributed by atoms with Gasteiger partial charge >= 0.3 is 0 Å². The molecule has 1 aliphatic heterocycles. The van der Waals surface area contributed by atoms with Gasteiger partial charge in [-0.1, -0.05) is 24.3 Å². The molecule has 0 aliphatic carbocycles. The summed E-state index contributed by atoms with van der Waals surface area (Å²) < 4.78 is 11.3. The smallest absolute Gasteiger partial charge is 0.170 e. The number of benzene rings is 2. The third-order valence-corrected chi connectivity index (χ3v) is 2.14. The van der Waals surface area contributed by atoms with Gasteiger partial charge in [0.1, 0.15) is 0 Å². The summed E-state index contributed by atoms with van der Waals surface area (Å²) in [7, 11) is 0. The molecule has 0 spiro atoms. The Labute approximate surface area is 87.2 Å². The Morgan fingerprint density at radius 1 is 0.533 bits per heavy atom. The molecule has 0 bridgehead atoms. The number of para-hydroxylation sites is 4. The Morgan fingerprint density at radius 3 is 1.07 bits per heavy atom. The first-order valence-electron chi connectivity index (χ1n) is 4.47. The average Bonchev–Trinajstić information content (AvgIpc) is 2.26. The van der Waals surface area contributed by atoms with E-state index in [-0.39, 0.29) is 5.48 Å². The van der Waals surface area contributed by atoms with Crippen LogP contribution in [0.4, 0.5) is 0 Å². The molecule has 3 nitrogen and oxygen atoms in total. The summed E-state index contributed by atoms with van der Waals surface area (Å²) in [6.45, 7) is 0. The van der Waals surface area contributed by atoms with E-state index in [0.29, 0.717) is 0 Å². The minimum absolute atomic E-state index is 0. The summed E-state index contributed by atoms with van der Waals surface area (Å²) in [5.74, 6) is 3.08. The third kappa shape index (κ3) is 1.53. The molecule has 0 atom stereocenters. The van der Waals surface area contributed by atoms with Crippen LogP contribution in [0.5, 0.6) is 23.0 Å². The average molecular weight is 202 g/mol. The molecule has 2 N–H and O–H groups in total. The minimum Gasteiger partial charge on any atom is -0.450 e. The predicted octanol–water partition coefficient (Wildman–Crippen LogP) is 2.76. The third-order valence-electron chi connectivity index (χ3n) is 2.14. The van der Waals surface area contributed by atoms with Crippen LogP contribution in [-0.4, -0.2) is 5.48 Å². The largest absolute Gasteiger partial charge is 0.450 e. The van der Waals surface area contributed by atoms with Gasteiger partial charge in [-0.05, 0) is 24.3 Å². The molecule has 0 fully saturated rings. The van der Waals surface area contributed by atoms with Crippen molar-refractivity contribution in [3.8, 4) is 23.0 Å². The van der Waals surface area contributed by atoms with Gasteiger partial charge in [0, 0.05) is 0 Å². The maximum absolute atomic E-state index is 5.65. The summed E-state index contributed by atoms with van der Waals surface area (Å²) in [6.07, 6.45) is 0. The Hall–Kier alpha value is -2.00. The van der Waals surface area contributed by atoms with E-state index in [9.17, 15) is 0 Å². The highest BCUT2D eigenvalue weighted by Gasteiger charge is 2.16. The van der Waals surface area contributed by atoms with Crippen molar-refractivity contribution in [3.05, 3.63) is 48.5 Å². The molecule has 76 valence electrons. The van der Waals surface area contributed by atoms with Crippen LogP contribution in [0.15, 0.2) is 48.5 Å². The Kier molecular flexibility index (Phi) is 2.31. The van der Waals surface area contributed by atoms with Gasteiger partial charge in [-0.15, -0.1) is 0 Å². The predicted molar refractivity (Wildman–Crippen MR) is 56.6 cm³/mol. The molecule has 1 aliphatic rings. The molecule has 15 heavy (non-hydrogen) atoms. The molecule has 0 radical (unpaired) electrons. The highest BCUT2D eigenvalue weighted by molar-refractivity contribution is 5.53. The van der Waals surface area contributed by atoms with E-state index in [2.05, 4.69) is 0 Å². The molecule has 0 saturated heterocycles. The van der Waals surface area contributed by atoms with E-state index in [1.165, 1.54) is 0 Å². The number of fused-ring (bicyclic) bond motifs is 2. The lowest BCUT2D eigenvalue weighted by molar-refractivity contribution is 0.359. The molecular weight excluding hydrogens is 192 g/mol. The van der Waals surface area contributed by atoms with Crippen LogP contribution in [0.25, 0.3) is 0 Å². The van der Waals surface area contributed by atoms with Crippen molar-refractivity contribution in [3.63, 3.8) is 0 Å². The van der Waals surface area contributed by atoms with Crippen molar-refractivity contribution >= 4 is 0 Å². The van der Waals surface area contributed by atoms with Crippen LogP contribution in [0, 0.1) is 0 Å². The zero-order chi connectivity index (χ0) is 9.38. The van der Waals surface area contributed by atoms with Crippen molar-refractivity contribution < 1.29 is 14.9 Å². The first-order valence-corrected chi connectivity index (χ1v) is 4.47. The van der Waals surface area contributed by atoms with Gasteiger partial charge in [0.05, 0.1) is 0 Å². The molecule has 1 heterocycles. The summed E-state index contributed by atoms with van der Waals surface area (Å²) in [6, 6.07) is 15.3. The van der Waals surface area contributed by atoms with Gasteiger partial charge in [0.2, 0.25) is 0 Å². The molecule has 0 unspecified atom stereocenters. The lowest BCUT2D eigenvalue weighted by Gasteiger charge is -2.19. The number of rotatable bonds is 0. The molecule has 2 aromatic carbocycles. The van der Waals surface area contributed by atoms with Crippen LogP contribution in [0.3, 0.4) is 0 Å². The van der Waals surface area contributed by atoms with E-state index in [1.54, 1.807) is 0 Å². The summed E-state index contributed by atoms with van der Waals surface area (Å²) in [5, 5.41) is 0. The molecule has 3 rings (SSSR count). The Morgan fingerprint density at radius 2 is 0.800 bits per heavy atom. The van der Waals surface area contributed by atoms with E-state index < -0.39 is 0 Å². The zero-order valence-electron chi connectivity index (χ0n) is 7.94. The molecule has 2 aromatic rings. The number of hydrogen-bond acceptors (Lipinski definition) is 2. The van der Waals surface area contributed by atoms with Gasteiger partial charge in [-0.3, -0.25) is 0 Å². The molecule has 0 amide bonds. The van der Waals surface area contributed by atoms with Crippen LogP contribution in [0.1, 0.15) is 0 Å². The second-order valence-corrected chi connectivity index (χ2v) is 3.10. The quantitative estimate of drug-likeness (QED) is 0.562. The number of ether oxygens (including phenoxy) is 2. The van der Waals surface area contributed by atoms with Crippen molar-refractivity contribution in [2.24, 2.45) is 0 Å². The summed E-state index contributed by atoms with van der Waals surface area (Å²) in [4.78, 5) is 0. The first kappa shape index (κ1) is 9.55. The second-order valence-electron chi connectivity index (χ2n) is 3.10. The normalized spacial score (nSPS) is 11.2. The van der Waals surface area contributed by atoms with Gasteiger partial charge in [-0.2, -0.15) is 0 Å². The molecule has 0 aromatic heterocycles. The lowest BCUT2D eigenvalue weighted by atomic mass is 10.2. The first-order chi connectivity index (χ1) is 6.93. The van der Waals surface area contributed by atoms with E-state index in [0.717, 1.165) is 23.0 Å². The Bertz CT molecular complexity index is 392. The van der Waals surface area contributed by atoms with Gasteiger partial charge < -0.3 is 14.9 Å². The number of hydrogen-bond donors (Lipinski definition) is 0. The lowest BCUT2D eigenvalue weighted by Crippen LogP contribution is -1.97. The van der Waals surface area contributed by atoms with Gasteiger partial charge in [0.15, 0.2) is 23.0 Å². The van der Waals surface area contributed by atoms with Gasteiger partial charge in [-0.25, -0.2) is 0 Å².